The number of benzene rings is 2. The van der Waals surface area contributed by atoms with E-state index in [1.807, 2.05) is 12.1 Å². The molecule has 0 heterocycles. The molecule has 132 valence electrons. The van der Waals surface area contributed by atoms with Gasteiger partial charge in [0.05, 0.1) is 7.11 Å². The zero-order chi connectivity index (χ0) is 18.4. The molecule has 0 fully saturated rings. The van der Waals surface area contributed by atoms with E-state index in [1.54, 1.807) is 24.3 Å². The number of phenols is 1. The van der Waals surface area contributed by atoms with Crippen LogP contribution in [0.5, 0.6) is 11.5 Å². The van der Waals surface area contributed by atoms with Crippen LogP contribution in [0.4, 0.5) is 0 Å². The Kier molecular flexibility index (Phi) is 5.86. The topological polar surface area (TPSA) is 58.6 Å². The van der Waals surface area contributed by atoms with Crippen molar-refractivity contribution in [2.24, 2.45) is 0 Å². The number of nitrogens with one attached hydrogen (secondary N) is 1. The Bertz CT molecular complexity index is 756. The molecule has 0 spiro atoms. The molecule has 1 amide bonds. The Morgan fingerprint density at radius 3 is 2.44 bits per heavy atom. The van der Waals surface area contributed by atoms with Gasteiger partial charge in [0.25, 0.3) is 0 Å². The molecule has 0 saturated heterocycles. The van der Waals surface area contributed by atoms with Crippen LogP contribution in [0.3, 0.4) is 0 Å². The first-order valence-corrected chi connectivity index (χ1v) is 8.22. The highest BCUT2D eigenvalue weighted by Gasteiger charge is 2.12. The van der Waals surface area contributed by atoms with Gasteiger partial charge in [0.15, 0.2) is 11.5 Å². The fourth-order valence-corrected chi connectivity index (χ4v) is 2.35. The third kappa shape index (κ3) is 5.38. The number of aromatic hydroxyl groups is 1. The molecule has 0 radical (unpaired) electrons. The van der Waals surface area contributed by atoms with Gasteiger partial charge < -0.3 is 15.2 Å². The summed E-state index contributed by atoms with van der Waals surface area (Å²) in [5.74, 6) is 0.296. The maximum absolute atomic E-state index is 12.0. The van der Waals surface area contributed by atoms with E-state index in [1.165, 1.54) is 18.7 Å². The summed E-state index contributed by atoms with van der Waals surface area (Å²) in [4.78, 5) is 12.0. The Morgan fingerprint density at radius 2 is 1.84 bits per heavy atom. The highest BCUT2D eigenvalue weighted by Crippen LogP contribution is 2.26. The molecule has 0 aliphatic heterocycles. The van der Waals surface area contributed by atoms with Crippen LogP contribution in [0, 0.1) is 0 Å². The fourth-order valence-electron chi connectivity index (χ4n) is 2.35. The minimum absolute atomic E-state index is 0.0798. The average molecular weight is 339 g/mol. The quantitative estimate of drug-likeness (QED) is 0.809. The lowest BCUT2D eigenvalue weighted by molar-refractivity contribution is -0.116. The monoisotopic (exact) mass is 339 g/mol. The highest BCUT2D eigenvalue weighted by molar-refractivity contribution is 5.91. The number of hydrogen-bond donors (Lipinski definition) is 2. The van der Waals surface area contributed by atoms with Crippen molar-refractivity contribution >= 4 is 12.0 Å². The molecular weight excluding hydrogens is 314 g/mol. The maximum Gasteiger partial charge on any atom is 0.244 e. The Balaban J connectivity index is 1.92. The third-order valence-corrected chi connectivity index (χ3v) is 3.91. The molecule has 4 heteroatoms. The largest absolute Gasteiger partial charge is 0.504 e. The number of rotatable bonds is 5. The normalized spacial score (nSPS) is 11.5. The minimum atomic E-state index is -0.174. The van der Waals surface area contributed by atoms with Crippen molar-refractivity contribution in [1.29, 1.82) is 0 Å². The van der Waals surface area contributed by atoms with Gasteiger partial charge in [0.1, 0.15) is 0 Å². The van der Waals surface area contributed by atoms with E-state index in [0.29, 0.717) is 12.3 Å². The van der Waals surface area contributed by atoms with Crippen LogP contribution in [-0.2, 0) is 16.8 Å². The zero-order valence-electron chi connectivity index (χ0n) is 15.2. The van der Waals surface area contributed by atoms with Gasteiger partial charge in [-0.05, 0) is 40.3 Å². The van der Waals surface area contributed by atoms with Crippen molar-refractivity contribution in [3.63, 3.8) is 0 Å². The van der Waals surface area contributed by atoms with E-state index in [-0.39, 0.29) is 17.1 Å². The molecule has 2 aromatic carbocycles. The van der Waals surface area contributed by atoms with Crippen molar-refractivity contribution in [3.8, 4) is 11.5 Å². The molecule has 4 nitrogen and oxygen atoms in total. The average Bonchev–Trinajstić information content (AvgIpc) is 2.58. The molecule has 0 unspecified atom stereocenters. The number of amides is 1. The number of phenolic OH excluding ortho intramolecular Hbond substituents is 1. The first-order valence-electron chi connectivity index (χ1n) is 8.22. The lowest BCUT2D eigenvalue weighted by Gasteiger charge is -2.18. The lowest BCUT2D eigenvalue weighted by Crippen LogP contribution is -2.20. The van der Waals surface area contributed by atoms with Crippen LogP contribution in [0.25, 0.3) is 6.08 Å². The van der Waals surface area contributed by atoms with Crippen LogP contribution in [-0.4, -0.2) is 18.1 Å². The van der Waals surface area contributed by atoms with Crippen LogP contribution in [0.15, 0.2) is 48.5 Å². The van der Waals surface area contributed by atoms with Crippen LogP contribution in [0.1, 0.15) is 37.5 Å². The second kappa shape index (κ2) is 7.88. The molecule has 0 aliphatic carbocycles. The van der Waals surface area contributed by atoms with E-state index < -0.39 is 0 Å². The molecule has 2 rings (SSSR count). The lowest BCUT2D eigenvalue weighted by atomic mass is 9.87. The summed E-state index contributed by atoms with van der Waals surface area (Å²) >= 11 is 0. The third-order valence-electron chi connectivity index (χ3n) is 3.91. The van der Waals surface area contributed by atoms with Crippen LogP contribution in [0.2, 0.25) is 0 Å². The first-order chi connectivity index (χ1) is 11.8. The minimum Gasteiger partial charge on any atom is -0.504 e. The number of carbonyl (C=O) groups excluding carboxylic acids is 1. The van der Waals surface area contributed by atoms with E-state index in [4.69, 9.17) is 4.74 Å². The molecule has 25 heavy (non-hydrogen) atoms. The van der Waals surface area contributed by atoms with Crippen molar-refractivity contribution in [2.75, 3.05) is 7.11 Å². The standard InChI is InChI=1S/C21H25NO3/c1-21(2,3)17-9-5-15(6-10-17)8-12-20(24)22-14-16-7-11-18(23)19(13-16)25-4/h5-13,23H,14H2,1-4H3,(H,22,24). The summed E-state index contributed by atoms with van der Waals surface area (Å²) in [6.07, 6.45) is 3.31. The van der Waals surface area contributed by atoms with Gasteiger partial charge in [-0.25, -0.2) is 0 Å². The molecule has 0 aromatic heterocycles. The summed E-state index contributed by atoms with van der Waals surface area (Å²) in [5, 5.41) is 12.4. The molecular formula is C21H25NO3. The van der Waals surface area contributed by atoms with E-state index in [9.17, 15) is 9.90 Å². The van der Waals surface area contributed by atoms with E-state index in [2.05, 4.69) is 38.2 Å². The summed E-state index contributed by atoms with van der Waals surface area (Å²) in [6, 6.07) is 13.2. The van der Waals surface area contributed by atoms with Gasteiger partial charge in [-0.3, -0.25) is 4.79 Å². The van der Waals surface area contributed by atoms with Crippen molar-refractivity contribution < 1.29 is 14.6 Å². The van der Waals surface area contributed by atoms with Crippen molar-refractivity contribution in [1.82, 2.24) is 5.32 Å². The summed E-state index contributed by atoms with van der Waals surface area (Å²) < 4.78 is 5.05. The Morgan fingerprint density at radius 1 is 1.16 bits per heavy atom. The van der Waals surface area contributed by atoms with Gasteiger partial charge in [-0.15, -0.1) is 0 Å². The second-order valence-corrected chi connectivity index (χ2v) is 6.93. The molecule has 2 N–H and O–H groups in total. The maximum atomic E-state index is 12.0. The van der Waals surface area contributed by atoms with E-state index in [0.717, 1.165) is 11.1 Å². The number of carbonyl (C=O) groups is 1. The first kappa shape index (κ1) is 18.6. The second-order valence-electron chi connectivity index (χ2n) is 6.93. The number of methoxy groups -OCH3 is 1. The smallest absolute Gasteiger partial charge is 0.244 e. The zero-order valence-corrected chi connectivity index (χ0v) is 15.2. The van der Waals surface area contributed by atoms with E-state index >= 15 is 0 Å². The predicted molar refractivity (Wildman–Crippen MR) is 101 cm³/mol. The molecule has 0 aliphatic rings. The molecule has 0 bridgehead atoms. The number of ether oxygens (including phenoxy) is 1. The molecule has 2 aromatic rings. The summed E-state index contributed by atoms with van der Waals surface area (Å²) in [7, 11) is 1.49. The summed E-state index contributed by atoms with van der Waals surface area (Å²) in [5.41, 5.74) is 3.21. The molecule has 0 atom stereocenters. The van der Waals surface area contributed by atoms with Crippen molar-refractivity contribution in [2.45, 2.75) is 32.7 Å². The van der Waals surface area contributed by atoms with Crippen molar-refractivity contribution in [3.05, 3.63) is 65.2 Å². The summed E-state index contributed by atoms with van der Waals surface area (Å²) in [6.45, 7) is 6.87. The highest BCUT2D eigenvalue weighted by atomic mass is 16.5. The van der Waals surface area contributed by atoms with Gasteiger partial charge in [-0.1, -0.05) is 51.1 Å². The number of hydrogen-bond acceptors (Lipinski definition) is 3. The van der Waals surface area contributed by atoms with Gasteiger partial charge in [0, 0.05) is 12.6 Å². The SMILES string of the molecule is COc1cc(CNC(=O)C=Cc2ccc(C(C)(C)C)cc2)ccc1O. The van der Waals surface area contributed by atoms with Crippen LogP contribution < -0.4 is 10.1 Å². The van der Waals surface area contributed by atoms with Gasteiger partial charge >= 0.3 is 0 Å². The van der Waals surface area contributed by atoms with Gasteiger partial charge in [0.2, 0.25) is 5.91 Å². The Hall–Kier alpha value is -2.75. The van der Waals surface area contributed by atoms with Crippen LogP contribution >= 0.6 is 0 Å². The van der Waals surface area contributed by atoms with Gasteiger partial charge in [-0.2, -0.15) is 0 Å². The molecule has 0 saturated carbocycles. The predicted octanol–water partition coefficient (Wildman–Crippen LogP) is 4.03. The fraction of sp³-hybridized carbons (Fsp3) is 0.286. The Labute approximate surface area is 149 Å².